The standard InChI is InChI=1S/C19H29NO2/c1-4-18(22-17-12-11-14(2)15(3)13-17)19(21)20-16-9-7-5-6-8-10-16/h11-13,16,18H,4-10H2,1-3H3,(H,20,21)/t18-/m1/s1. The first kappa shape index (κ1) is 16.9. The Bertz CT molecular complexity index is 490. The van der Waals surface area contributed by atoms with Crippen LogP contribution in [0.5, 0.6) is 5.75 Å². The van der Waals surface area contributed by atoms with Gasteiger partial charge >= 0.3 is 0 Å². The molecular weight excluding hydrogens is 274 g/mol. The lowest BCUT2D eigenvalue weighted by Crippen LogP contribution is -2.43. The second-order valence-electron chi connectivity index (χ2n) is 6.46. The number of benzene rings is 1. The van der Waals surface area contributed by atoms with E-state index in [9.17, 15) is 4.79 Å². The average molecular weight is 303 g/mol. The van der Waals surface area contributed by atoms with Crippen molar-refractivity contribution in [3.8, 4) is 5.75 Å². The molecule has 0 bridgehead atoms. The van der Waals surface area contributed by atoms with E-state index in [0.29, 0.717) is 12.5 Å². The van der Waals surface area contributed by atoms with Crippen LogP contribution in [0.3, 0.4) is 0 Å². The number of rotatable bonds is 5. The Labute approximate surface area is 134 Å². The molecular formula is C19H29NO2. The van der Waals surface area contributed by atoms with E-state index >= 15 is 0 Å². The monoisotopic (exact) mass is 303 g/mol. The van der Waals surface area contributed by atoms with E-state index in [1.54, 1.807) is 0 Å². The zero-order chi connectivity index (χ0) is 15.9. The minimum absolute atomic E-state index is 0.0348. The number of carbonyl (C=O) groups excluding carboxylic acids is 1. The van der Waals surface area contributed by atoms with Crippen molar-refractivity contribution in [1.29, 1.82) is 0 Å². The molecule has 1 aliphatic carbocycles. The molecule has 1 aromatic carbocycles. The van der Waals surface area contributed by atoms with E-state index in [1.807, 2.05) is 25.1 Å². The number of aryl methyl sites for hydroxylation is 2. The molecule has 1 fully saturated rings. The molecule has 0 unspecified atom stereocenters. The molecule has 3 heteroatoms. The molecule has 2 rings (SSSR count). The summed E-state index contributed by atoms with van der Waals surface area (Å²) in [6, 6.07) is 6.33. The molecule has 0 heterocycles. The first-order chi connectivity index (χ1) is 10.6. The first-order valence-corrected chi connectivity index (χ1v) is 8.64. The van der Waals surface area contributed by atoms with Crippen molar-refractivity contribution in [3.05, 3.63) is 29.3 Å². The van der Waals surface area contributed by atoms with E-state index in [2.05, 4.69) is 19.2 Å². The summed E-state index contributed by atoms with van der Waals surface area (Å²) in [6.45, 7) is 6.14. The van der Waals surface area contributed by atoms with Crippen molar-refractivity contribution in [3.63, 3.8) is 0 Å². The van der Waals surface area contributed by atoms with E-state index in [1.165, 1.54) is 36.8 Å². The smallest absolute Gasteiger partial charge is 0.261 e. The van der Waals surface area contributed by atoms with Crippen LogP contribution in [-0.2, 0) is 4.79 Å². The van der Waals surface area contributed by atoms with E-state index in [-0.39, 0.29) is 5.91 Å². The van der Waals surface area contributed by atoms with Crippen LogP contribution in [-0.4, -0.2) is 18.1 Å². The van der Waals surface area contributed by atoms with Crippen LogP contribution in [0.4, 0.5) is 0 Å². The summed E-state index contributed by atoms with van der Waals surface area (Å²) in [4.78, 5) is 12.5. The Kier molecular flexibility index (Phi) is 6.29. The predicted molar refractivity (Wildman–Crippen MR) is 90.3 cm³/mol. The Balaban J connectivity index is 1.94. The Morgan fingerprint density at radius 3 is 2.45 bits per heavy atom. The van der Waals surface area contributed by atoms with Gasteiger partial charge < -0.3 is 10.1 Å². The number of ether oxygens (including phenoxy) is 1. The Morgan fingerprint density at radius 2 is 1.86 bits per heavy atom. The molecule has 0 spiro atoms. The molecule has 0 radical (unpaired) electrons. The summed E-state index contributed by atoms with van der Waals surface area (Å²) < 4.78 is 5.92. The number of hydrogen-bond acceptors (Lipinski definition) is 2. The lowest BCUT2D eigenvalue weighted by atomic mass is 10.1. The molecule has 0 saturated heterocycles. The van der Waals surface area contributed by atoms with Crippen LogP contribution in [0.2, 0.25) is 0 Å². The van der Waals surface area contributed by atoms with Gasteiger partial charge in [0.05, 0.1) is 0 Å². The SMILES string of the molecule is CC[C@@H](Oc1ccc(C)c(C)c1)C(=O)NC1CCCCCC1. The summed E-state index contributed by atoms with van der Waals surface area (Å²) in [5.41, 5.74) is 2.43. The number of carbonyl (C=O) groups is 1. The van der Waals surface area contributed by atoms with Gasteiger partial charge in [0.1, 0.15) is 5.75 Å². The van der Waals surface area contributed by atoms with Crippen LogP contribution in [0.25, 0.3) is 0 Å². The highest BCUT2D eigenvalue weighted by Crippen LogP contribution is 2.20. The van der Waals surface area contributed by atoms with Gasteiger partial charge in [0.2, 0.25) is 0 Å². The summed E-state index contributed by atoms with van der Waals surface area (Å²) in [6.07, 6.45) is 7.53. The van der Waals surface area contributed by atoms with Crippen molar-refractivity contribution in [1.82, 2.24) is 5.32 Å². The first-order valence-electron chi connectivity index (χ1n) is 8.64. The highest BCUT2D eigenvalue weighted by Gasteiger charge is 2.22. The summed E-state index contributed by atoms with van der Waals surface area (Å²) in [5, 5.41) is 3.19. The van der Waals surface area contributed by atoms with Gasteiger partial charge in [-0.05, 0) is 56.4 Å². The third kappa shape index (κ3) is 4.75. The lowest BCUT2D eigenvalue weighted by molar-refractivity contribution is -0.128. The van der Waals surface area contributed by atoms with Gasteiger partial charge in [-0.25, -0.2) is 0 Å². The third-order valence-corrected chi connectivity index (χ3v) is 4.62. The molecule has 1 saturated carbocycles. The highest BCUT2D eigenvalue weighted by atomic mass is 16.5. The fourth-order valence-corrected chi connectivity index (χ4v) is 2.99. The molecule has 1 aromatic rings. The number of nitrogens with one attached hydrogen (secondary N) is 1. The molecule has 0 aromatic heterocycles. The average Bonchev–Trinajstić information content (AvgIpc) is 2.77. The predicted octanol–water partition coefficient (Wildman–Crippen LogP) is 4.30. The topological polar surface area (TPSA) is 38.3 Å². The van der Waals surface area contributed by atoms with Crippen LogP contribution in [0.1, 0.15) is 63.0 Å². The fourth-order valence-electron chi connectivity index (χ4n) is 2.99. The van der Waals surface area contributed by atoms with Crippen molar-refractivity contribution < 1.29 is 9.53 Å². The van der Waals surface area contributed by atoms with Gasteiger partial charge in [-0.15, -0.1) is 0 Å². The van der Waals surface area contributed by atoms with Gasteiger partial charge in [-0.2, -0.15) is 0 Å². The van der Waals surface area contributed by atoms with E-state index in [4.69, 9.17) is 4.74 Å². The minimum Gasteiger partial charge on any atom is -0.481 e. The molecule has 0 aliphatic heterocycles. The molecule has 1 amide bonds. The largest absolute Gasteiger partial charge is 0.481 e. The Hall–Kier alpha value is -1.51. The number of hydrogen-bond donors (Lipinski definition) is 1. The third-order valence-electron chi connectivity index (χ3n) is 4.62. The van der Waals surface area contributed by atoms with E-state index in [0.717, 1.165) is 18.6 Å². The van der Waals surface area contributed by atoms with Crippen molar-refractivity contribution in [2.45, 2.75) is 77.9 Å². The van der Waals surface area contributed by atoms with Crippen LogP contribution in [0.15, 0.2) is 18.2 Å². The maximum atomic E-state index is 12.5. The van der Waals surface area contributed by atoms with Crippen molar-refractivity contribution in [2.75, 3.05) is 0 Å². The van der Waals surface area contributed by atoms with Gasteiger partial charge in [0, 0.05) is 6.04 Å². The summed E-state index contributed by atoms with van der Waals surface area (Å²) in [5.74, 6) is 0.818. The number of amides is 1. The lowest BCUT2D eigenvalue weighted by Gasteiger charge is -2.22. The van der Waals surface area contributed by atoms with Crippen LogP contribution >= 0.6 is 0 Å². The summed E-state index contributed by atoms with van der Waals surface area (Å²) >= 11 is 0. The zero-order valence-electron chi connectivity index (χ0n) is 14.2. The maximum absolute atomic E-state index is 12.5. The molecule has 22 heavy (non-hydrogen) atoms. The van der Waals surface area contributed by atoms with Crippen molar-refractivity contribution >= 4 is 5.91 Å². The molecule has 122 valence electrons. The minimum atomic E-state index is -0.398. The zero-order valence-corrected chi connectivity index (χ0v) is 14.2. The van der Waals surface area contributed by atoms with Gasteiger partial charge in [-0.3, -0.25) is 4.79 Å². The molecule has 1 atom stereocenters. The van der Waals surface area contributed by atoms with Crippen molar-refractivity contribution in [2.24, 2.45) is 0 Å². The highest BCUT2D eigenvalue weighted by molar-refractivity contribution is 5.81. The van der Waals surface area contributed by atoms with E-state index < -0.39 is 6.10 Å². The van der Waals surface area contributed by atoms with Crippen LogP contribution in [0, 0.1) is 13.8 Å². The second-order valence-corrected chi connectivity index (χ2v) is 6.46. The quantitative estimate of drug-likeness (QED) is 0.824. The molecule has 1 N–H and O–H groups in total. The Morgan fingerprint density at radius 1 is 1.18 bits per heavy atom. The second kappa shape index (κ2) is 8.21. The normalized spacial score (nSPS) is 17.6. The summed E-state index contributed by atoms with van der Waals surface area (Å²) in [7, 11) is 0. The fraction of sp³-hybridized carbons (Fsp3) is 0.632. The molecule has 1 aliphatic rings. The van der Waals surface area contributed by atoms with Gasteiger partial charge in [0.25, 0.3) is 5.91 Å². The van der Waals surface area contributed by atoms with Gasteiger partial charge in [0.15, 0.2) is 6.10 Å². The molecule has 3 nitrogen and oxygen atoms in total. The van der Waals surface area contributed by atoms with Crippen LogP contribution < -0.4 is 10.1 Å². The van der Waals surface area contributed by atoms with Gasteiger partial charge in [-0.1, -0.05) is 38.7 Å². The maximum Gasteiger partial charge on any atom is 0.261 e.